The monoisotopic (exact) mass is 317 g/mol. The van der Waals surface area contributed by atoms with E-state index in [0.717, 1.165) is 5.46 Å². The van der Waals surface area contributed by atoms with E-state index >= 15 is 0 Å². The average molecular weight is 317 g/mol. The largest absolute Gasteiger partial charge is 0.449 e. The summed E-state index contributed by atoms with van der Waals surface area (Å²) in [5.74, 6) is 0.453. The van der Waals surface area contributed by atoms with Crippen LogP contribution in [0.15, 0.2) is 78.9 Å². The topological polar surface area (TPSA) is 23.5 Å². The summed E-state index contributed by atoms with van der Waals surface area (Å²) in [6, 6.07) is 19.4. The molecule has 2 aromatic carbocycles. The van der Waals surface area contributed by atoms with Gasteiger partial charge in [-0.15, -0.1) is 0 Å². The molecule has 0 heterocycles. The van der Waals surface area contributed by atoms with Gasteiger partial charge in [0, 0.05) is 5.69 Å². The van der Waals surface area contributed by atoms with Gasteiger partial charge in [0.25, 0.3) is 0 Å². The van der Waals surface area contributed by atoms with Crippen LogP contribution in [-0.2, 0) is 0 Å². The Morgan fingerprint density at radius 2 is 1.62 bits per heavy atom. The van der Waals surface area contributed by atoms with Crippen molar-refractivity contribution in [2.75, 3.05) is 4.90 Å². The van der Waals surface area contributed by atoms with Gasteiger partial charge in [-0.25, -0.2) is 0 Å². The fraction of sp³-hybridized carbons (Fsp3) is 0.238. The normalized spacial score (nSPS) is 20.6. The van der Waals surface area contributed by atoms with Crippen LogP contribution in [0.3, 0.4) is 0 Å². The maximum atomic E-state index is 9.27. The van der Waals surface area contributed by atoms with Gasteiger partial charge in [-0.3, -0.25) is 0 Å². The van der Waals surface area contributed by atoms with E-state index in [1.165, 1.54) is 11.3 Å². The summed E-state index contributed by atoms with van der Waals surface area (Å²) in [7, 11) is 0.0876. The van der Waals surface area contributed by atoms with E-state index in [2.05, 4.69) is 85.5 Å². The molecular formula is C21H24BNO. The lowest BCUT2D eigenvalue weighted by Gasteiger charge is -2.40. The molecule has 3 atom stereocenters. The summed E-state index contributed by atoms with van der Waals surface area (Å²) in [6.07, 6.45) is 8.83. The van der Waals surface area contributed by atoms with Crippen LogP contribution in [0.1, 0.15) is 25.5 Å². The van der Waals surface area contributed by atoms with Crippen LogP contribution >= 0.6 is 0 Å². The first-order chi connectivity index (χ1) is 11.7. The minimum Gasteiger partial charge on any atom is -0.449 e. The van der Waals surface area contributed by atoms with Crippen molar-refractivity contribution in [3.05, 3.63) is 84.5 Å². The highest BCUT2D eigenvalue weighted by Gasteiger charge is 2.27. The molecule has 1 aliphatic rings. The molecule has 0 aliphatic heterocycles. The van der Waals surface area contributed by atoms with Gasteiger partial charge in [0.2, 0.25) is 0 Å². The Hall–Kier alpha value is -2.26. The Morgan fingerprint density at radius 3 is 2.25 bits per heavy atom. The first-order valence-electron chi connectivity index (χ1n) is 8.59. The molecule has 2 nitrogen and oxygen atoms in total. The second-order valence-corrected chi connectivity index (χ2v) is 6.44. The van der Waals surface area contributed by atoms with Crippen molar-refractivity contribution in [3.8, 4) is 0 Å². The zero-order valence-corrected chi connectivity index (χ0v) is 14.3. The lowest BCUT2D eigenvalue weighted by Crippen LogP contribution is -2.40. The van der Waals surface area contributed by atoms with Crippen molar-refractivity contribution >= 4 is 18.6 Å². The number of rotatable bonds is 5. The van der Waals surface area contributed by atoms with E-state index in [-0.39, 0.29) is 13.5 Å². The van der Waals surface area contributed by atoms with Crippen molar-refractivity contribution < 1.29 is 5.02 Å². The third kappa shape index (κ3) is 3.47. The molecule has 0 saturated heterocycles. The molecule has 3 heteroatoms. The predicted molar refractivity (Wildman–Crippen MR) is 104 cm³/mol. The van der Waals surface area contributed by atoms with Gasteiger partial charge in [-0.05, 0) is 30.5 Å². The zero-order valence-electron chi connectivity index (χ0n) is 14.3. The van der Waals surface area contributed by atoms with Crippen LogP contribution in [0, 0.1) is 5.92 Å². The smallest absolute Gasteiger partial charge is 0.304 e. The Labute approximate surface area is 145 Å². The third-order valence-electron chi connectivity index (χ3n) is 4.81. The van der Waals surface area contributed by atoms with Crippen LogP contribution in [0.2, 0.25) is 0 Å². The quantitative estimate of drug-likeness (QED) is 0.855. The van der Waals surface area contributed by atoms with Crippen LogP contribution in [0.25, 0.3) is 0 Å². The zero-order chi connectivity index (χ0) is 16.9. The molecule has 1 aliphatic carbocycles. The minimum atomic E-state index is 0.0876. The molecule has 0 saturated carbocycles. The minimum absolute atomic E-state index is 0.0876. The first kappa shape index (κ1) is 16.6. The highest BCUT2D eigenvalue weighted by atomic mass is 16.2. The highest BCUT2D eigenvalue weighted by Crippen LogP contribution is 2.33. The Morgan fingerprint density at radius 1 is 0.958 bits per heavy atom. The SMILES string of the molecule is CC1C=CC=CC1N(c1ccccc1)C(C)c1ccc(BO)cc1. The van der Waals surface area contributed by atoms with Gasteiger partial charge in [0.05, 0.1) is 12.1 Å². The first-order valence-corrected chi connectivity index (χ1v) is 8.59. The fourth-order valence-corrected chi connectivity index (χ4v) is 3.37. The molecule has 0 fully saturated rings. The molecule has 24 heavy (non-hydrogen) atoms. The Balaban J connectivity index is 1.97. The highest BCUT2D eigenvalue weighted by molar-refractivity contribution is 6.45. The van der Waals surface area contributed by atoms with Crippen molar-refractivity contribution in [1.29, 1.82) is 0 Å². The number of nitrogens with zero attached hydrogens (tertiary/aromatic N) is 1. The van der Waals surface area contributed by atoms with Crippen molar-refractivity contribution in [1.82, 2.24) is 0 Å². The van der Waals surface area contributed by atoms with Gasteiger partial charge in [-0.1, -0.05) is 79.2 Å². The summed E-state index contributed by atoms with van der Waals surface area (Å²) in [4.78, 5) is 2.48. The third-order valence-corrected chi connectivity index (χ3v) is 4.81. The molecule has 3 rings (SSSR count). The van der Waals surface area contributed by atoms with Crippen LogP contribution < -0.4 is 10.4 Å². The number of anilines is 1. The molecular weight excluding hydrogens is 293 g/mol. The number of benzene rings is 2. The lowest BCUT2D eigenvalue weighted by molar-refractivity contribution is 0.516. The van der Waals surface area contributed by atoms with Gasteiger partial charge in [0.1, 0.15) is 0 Å². The van der Waals surface area contributed by atoms with Crippen LogP contribution in [0.5, 0.6) is 0 Å². The molecule has 122 valence electrons. The van der Waals surface area contributed by atoms with Gasteiger partial charge < -0.3 is 9.92 Å². The van der Waals surface area contributed by atoms with Gasteiger partial charge >= 0.3 is 7.48 Å². The van der Waals surface area contributed by atoms with E-state index in [1.54, 1.807) is 0 Å². The Kier molecular flexibility index (Phi) is 5.22. The van der Waals surface area contributed by atoms with Crippen molar-refractivity contribution in [3.63, 3.8) is 0 Å². The molecule has 2 aromatic rings. The van der Waals surface area contributed by atoms with Gasteiger partial charge in [0.15, 0.2) is 0 Å². The number of allylic oxidation sites excluding steroid dienone is 2. The van der Waals surface area contributed by atoms with E-state index in [1.807, 2.05) is 12.1 Å². The van der Waals surface area contributed by atoms with Crippen molar-refractivity contribution in [2.45, 2.75) is 25.9 Å². The second kappa shape index (κ2) is 7.54. The summed E-state index contributed by atoms with van der Waals surface area (Å²) < 4.78 is 0. The van der Waals surface area contributed by atoms with E-state index in [4.69, 9.17) is 0 Å². The number of hydrogen-bond donors (Lipinski definition) is 1. The maximum Gasteiger partial charge on any atom is 0.304 e. The molecule has 0 amide bonds. The fourth-order valence-electron chi connectivity index (χ4n) is 3.37. The molecule has 0 aromatic heterocycles. The predicted octanol–water partition coefficient (Wildman–Crippen LogP) is 3.35. The molecule has 3 unspecified atom stereocenters. The lowest BCUT2D eigenvalue weighted by atomic mass is 9.87. The van der Waals surface area contributed by atoms with Crippen molar-refractivity contribution in [2.24, 2.45) is 5.92 Å². The standard InChI is InChI=1S/C21H24BNO/c1-16-8-6-7-11-21(16)23(20-9-4-3-5-10-20)17(2)18-12-14-19(22-24)15-13-18/h3-17,21-22,24H,1-2H3. The van der Waals surface area contributed by atoms with Crippen LogP contribution in [0.4, 0.5) is 5.69 Å². The molecule has 1 N–H and O–H groups in total. The summed E-state index contributed by atoms with van der Waals surface area (Å²) in [6.45, 7) is 4.52. The average Bonchev–Trinajstić information content (AvgIpc) is 2.64. The summed E-state index contributed by atoms with van der Waals surface area (Å²) in [5.41, 5.74) is 3.44. The van der Waals surface area contributed by atoms with E-state index in [0.29, 0.717) is 12.0 Å². The summed E-state index contributed by atoms with van der Waals surface area (Å²) >= 11 is 0. The number of para-hydroxylation sites is 1. The molecule has 0 radical (unpaired) electrons. The molecule has 0 bridgehead atoms. The van der Waals surface area contributed by atoms with E-state index < -0.39 is 0 Å². The maximum absolute atomic E-state index is 9.27. The Bertz CT molecular complexity index is 708. The summed E-state index contributed by atoms with van der Waals surface area (Å²) in [5, 5.41) is 9.27. The molecule has 0 spiro atoms. The van der Waals surface area contributed by atoms with E-state index in [9.17, 15) is 5.02 Å². The number of hydrogen-bond acceptors (Lipinski definition) is 2. The van der Waals surface area contributed by atoms with Gasteiger partial charge in [-0.2, -0.15) is 0 Å². The van der Waals surface area contributed by atoms with Crippen LogP contribution in [-0.4, -0.2) is 18.5 Å². The second-order valence-electron chi connectivity index (χ2n) is 6.44.